The standard InChI is InChI=1S/C31H37BrN4O5/c1-19-14-24-26(27(25(19)32)39-18-20-8-6-5-7-9-20)33-29(40-23-10-12-38-13-11-23)34-28(24)35-16-22-15-21(35)17-36(22)30(37)41-31(2,3)4/h5-9,14,21-23H,10-13,15-18H2,1-4H3. The third-order valence-corrected chi connectivity index (χ3v) is 8.82. The lowest BCUT2D eigenvalue weighted by atomic mass is 10.1. The summed E-state index contributed by atoms with van der Waals surface area (Å²) in [5.41, 5.74) is 2.28. The number of carbonyl (C=O) groups excluding carboxylic acids is 1. The quantitative estimate of drug-likeness (QED) is 0.328. The Morgan fingerprint density at radius 3 is 2.54 bits per heavy atom. The van der Waals surface area contributed by atoms with Gasteiger partial charge in [-0.2, -0.15) is 9.97 Å². The fourth-order valence-electron chi connectivity index (χ4n) is 5.85. The summed E-state index contributed by atoms with van der Waals surface area (Å²) >= 11 is 3.77. The van der Waals surface area contributed by atoms with Crippen molar-refractivity contribution < 1.29 is 23.7 Å². The topological polar surface area (TPSA) is 86.3 Å². The number of hydrogen-bond acceptors (Lipinski definition) is 8. The molecule has 3 aromatic rings. The zero-order valence-electron chi connectivity index (χ0n) is 24.1. The number of carbonyl (C=O) groups is 1. The summed E-state index contributed by atoms with van der Waals surface area (Å²) in [5, 5.41) is 0.907. The number of anilines is 1. The molecule has 0 spiro atoms. The van der Waals surface area contributed by atoms with Crippen molar-refractivity contribution in [2.75, 3.05) is 31.2 Å². The molecule has 1 aromatic heterocycles. The normalized spacial score (nSPS) is 21.0. The van der Waals surface area contributed by atoms with E-state index >= 15 is 0 Å². The first-order valence-electron chi connectivity index (χ1n) is 14.3. The molecule has 2 unspecified atom stereocenters. The molecule has 4 heterocycles. The van der Waals surface area contributed by atoms with Gasteiger partial charge in [-0.15, -0.1) is 0 Å². The minimum absolute atomic E-state index is 0.00526. The fraction of sp³-hybridized carbons (Fsp3) is 0.516. The van der Waals surface area contributed by atoms with Gasteiger partial charge in [0.15, 0.2) is 5.75 Å². The average molecular weight is 626 g/mol. The summed E-state index contributed by atoms with van der Waals surface area (Å²) in [4.78, 5) is 27.0. The molecule has 218 valence electrons. The Morgan fingerprint density at radius 1 is 1.10 bits per heavy atom. The lowest BCUT2D eigenvalue weighted by Crippen LogP contribution is -2.50. The molecule has 6 rings (SSSR count). The van der Waals surface area contributed by atoms with Crippen LogP contribution < -0.4 is 14.4 Å². The van der Waals surface area contributed by atoms with E-state index in [1.54, 1.807) is 0 Å². The number of hydrogen-bond donors (Lipinski definition) is 0. The van der Waals surface area contributed by atoms with Crippen LogP contribution in [0.15, 0.2) is 40.9 Å². The van der Waals surface area contributed by atoms with Gasteiger partial charge in [0.2, 0.25) is 0 Å². The summed E-state index contributed by atoms with van der Waals surface area (Å²) in [6, 6.07) is 12.7. The van der Waals surface area contributed by atoms with Gasteiger partial charge in [-0.25, -0.2) is 4.79 Å². The van der Waals surface area contributed by atoms with E-state index in [1.165, 1.54) is 0 Å². The number of piperazine rings is 1. The lowest BCUT2D eigenvalue weighted by molar-refractivity contribution is 0.0206. The molecule has 0 aliphatic carbocycles. The molecule has 3 saturated heterocycles. The molecule has 9 nitrogen and oxygen atoms in total. The van der Waals surface area contributed by atoms with Gasteiger partial charge in [-0.3, -0.25) is 0 Å². The third-order valence-electron chi connectivity index (χ3n) is 7.83. The van der Waals surface area contributed by atoms with E-state index in [4.69, 9.17) is 28.9 Å². The Balaban J connectivity index is 1.36. The highest BCUT2D eigenvalue weighted by atomic mass is 79.9. The van der Waals surface area contributed by atoms with Crippen LogP contribution in [-0.4, -0.2) is 71.1 Å². The Morgan fingerprint density at radius 2 is 1.85 bits per heavy atom. The van der Waals surface area contributed by atoms with Gasteiger partial charge in [0.05, 0.1) is 29.8 Å². The highest BCUT2D eigenvalue weighted by molar-refractivity contribution is 9.10. The number of likely N-dealkylation sites (tertiary alicyclic amines) is 1. The number of fused-ring (bicyclic) bond motifs is 3. The first kappa shape index (κ1) is 28.0. The van der Waals surface area contributed by atoms with E-state index in [0.717, 1.165) is 46.1 Å². The smallest absolute Gasteiger partial charge is 0.410 e. The van der Waals surface area contributed by atoms with Crippen LogP contribution in [-0.2, 0) is 16.1 Å². The van der Waals surface area contributed by atoms with E-state index in [0.29, 0.717) is 50.2 Å². The van der Waals surface area contributed by atoms with Gasteiger partial charge in [0.25, 0.3) is 0 Å². The second-order valence-electron chi connectivity index (χ2n) is 12.1. The van der Waals surface area contributed by atoms with E-state index in [9.17, 15) is 4.79 Å². The number of aromatic nitrogens is 2. The molecule has 10 heteroatoms. The highest BCUT2D eigenvalue weighted by Crippen LogP contribution is 2.43. The average Bonchev–Trinajstić information content (AvgIpc) is 3.55. The lowest BCUT2D eigenvalue weighted by Gasteiger charge is -2.36. The van der Waals surface area contributed by atoms with Crippen molar-refractivity contribution in [3.8, 4) is 11.8 Å². The molecule has 3 aliphatic rings. The maximum atomic E-state index is 12.9. The van der Waals surface area contributed by atoms with Crippen LogP contribution in [0.2, 0.25) is 0 Å². The predicted molar refractivity (Wildman–Crippen MR) is 160 cm³/mol. The molecule has 2 atom stereocenters. The van der Waals surface area contributed by atoms with Crippen LogP contribution in [0.4, 0.5) is 10.6 Å². The van der Waals surface area contributed by atoms with Crippen molar-refractivity contribution in [2.24, 2.45) is 0 Å². The van der Waals surface area contributed by atoms with E-state index in [-0.39, 0.29) is 24.3 Å². The van der Waals surface area contributed by atoms with Gasteiger partial charge in [-0.1, -0.05) is 30.3 Å². The van der Waals surface area contributed by atoms with Crippen molar-refractivity contribution in [3.63, 3.8) is 0 Å². The van der Waals surface area contributed by atoms with Crippen molar-refractivity contribution in [3.05, 3.63) is 52.0 Å². The number of nitrogens with zero attached hydrogens (tertiary/aromatic N) is 4. The molecule has 0 radical (unpaired) electrons. The molecular weight excluding hydrogens is 588 g/mol. The van der Waals surface area contributed by atoms with E-state index in [1.807, 2.05) is 56.0 Å². The van der Waals surface area contributed by atoms with Gasteiger partial charge in [0, 0.05) is 31.3 Å². The van der Waals surface area contributed by atoms with Gasteiger partial charge >= 0.3 is 12.1 Å². The highest BCUT2D eigenvalue weighted by Gasteiger charge is 2.47. The number of halogens is 1. The van der Waals surface area contributed by atoms with Crippen LogP contribution in [0.3, 0.4) is 0 Å². The van der Waals surface area contributed by atoms with Crippen molar-refractivity contribution in [1.29, 1.82) is 0 Å². The van der Waals surface area contributed by atoms with Crippen LogP contribution in [0, 0.1) is 6.92 Å². The van der Waals surface area contributed by atoms with Crippen molar-refractivity contribution in [1.82, 2.24) is 14.9 Å². The number of benzene rings is 2. The number of rotatable bonds is 6. The SMILES string of the molecule is Cc1cc2c(N3CC4CC3CN4C(=O)OC(C)(C)C)nc(OC3CCOCC3)nc2c(OCc2ccccc2)c1Br. The Hall–Kier alpha value is -3.11. The van der Waals surface area contributed by atoms with Crippen LogP contribution in [0.5, 0.6) is 11.8 Å². The number of amides is 1. The minimum atomic E-state index is -0.529. The Bertz CT molecular complexity index is 1420. The van der Waals surface area contributed by atoms with Gasteiger partial charge < -0.3 is 28.7 Å². The second kappa shape index (κ2) is 11.3. The second-order valence-corrected chi connectivity index (χ2v) is 12.9. The third kappa shape index (κ3) is 5.95. The molecule has 3 fully saturated rings. The van der Waals surface area contributed by atoms with E-state index < -0.39 is 5.60 Å². The molecule has 2 aromatic carbocycles. The zero-order valence-corrected chi connectivity index (χ0v) is 25.6. The van der Waals surface area contributed by atoms with Crippen molar-refractivity contribution >= 4 is 38.7 Å². The van der Waals surface area contributed by atoms with Crippen molar-refractivity contribution in [2.45, 2.75) is 77.4 Å². The van der Waals surface area contributed by atoms with Crippen LogP contribution in [0.1, 0.15) is 51.2 Å². The molecule has 0 N–H and O–H groups in total. The summed E-state index contributed by atoms with van der Waals surface area (Å²) in [7, 11) is 0. The molecule has 1 amide bonds. The summed E-state index contributed by atoms with van der Waals surface area (Å²) in [6.07, 6.45) is 2.20. The monoisotopic (exact) mass is 624 g/mol. The Labute approximate surface area is 249 Å². The first-order chi connectivity index (χ1) is 19.7. The molecule has 0 saturated carbocycles. The summed E-state index contributed by atoms with van der Waals surface area (Å²) in [6.45, 7) is 10.7. The molecule has 2 bridgehead atoms. The molecule has 3 aliphatic heterocycles. The predicted octanol–water partition coefficient (Wildman–Crippen LogP) is 6.04. The first-order valence-corrected chi connectivity index (χ1v) is 15.1. The zero-order chi connectivity index (χ0) is 28.7. The fourth-order valence-corrected chi connectivity index (χ4v) is 6.27. The number of ether oxygens (including phenoxy) is 4. The molecule has 41 heavy (non-hydrogen) atoms. The van der Waals surface area contributed by atoms with Gasteiger partial charge in [-0.05, 0) is 67.2 Å². The van der Waals surface area contributed by atoms with Crippen LogP contribution >= 0.6 is 15.9 Å². The van der Waals surface area contributed by atoms with Crippen LogP contribution in [0.25, 0.3) is 10.9 Å². The largest absolute Gasteiger partial charge is 0.485 e. The minimum Gasteiger partial charge on any atom is -0.485 e. The summed E-state index contributed by atoms with van der Waals surface area (Å²) < 4.78 is 24.9. The summed E-state index contributed by atoms with van der Waals surface area (Å²) in [5.74, 6) is 1.48. The number of aryl methyl sites for hydroxylation is 1. The van der Waals surface area contributed by atoms with Gasteiger partial charge in [0.1, 0.15) is 29.6 Å². The maximum Gasteiger partial charge on any atom is 0.410 e. The maximum absolute atomic E-state index is 12.9. The van der Waals surface area contributed by atoms with E-state index in [2.05, 4.69) is 33.8 Å². The molecular formula is C31H37BrN4O5. The Kier molecular flexibility index (Phi) is 7.72.